The number of fused-ring (bicyclic) bond motifs is 2. The molecule has 5 rings (SSSR count). The van der Waals surface area contributed by atoms with Crippen molar-refractivity contribution in [3.63, 3.8) is 0 Å². The molecule has 0 aliphatic carbocycles. The quantitative estimate of drug-likeness (QED) is 0.193. The molecule has 4 amide bonds. The number of carbonyl (C=O) groups is 4. The van der Waals surface area contributed by atoms with Gasteiger partial charge in [-0.2, -0.15) is 0 Å². The van der Waals surface area contributed by atoms with Gasteiger partial charge in [-0.25, -0.2) is 4.98 Å². The number of hydrogen-bond donors (Lipinski definition) is 5. The van der Waals surface area contributed by atoms with Gasteiger partial charge in [-0.15, -0.1) is 0 Å². The molecule has 4 aromatic rings. The zero-order valence-corrected chi connectivity index (χ0v) is 28.5. The van der Waals surface area contributed by atoms with Crippen molar-refractivity contribution < 1.29 is 28.7 Å². The first kappa shape index (κ1) is 36.3. The molecular weight excluding hydrogens is 687 g/mol. The van der Waals surface area contributed by atoms with Gasteiger partial charge in [0.15, 0.2) is 5.69 Å². The predicted molar refractivity (Wildman–Crippen MR) is 185 cm³/mol. The van der Waals surface area contributed by atoms with E-state index in [4.69, 9.17) is 27.6 Å². The lowest BCUT2D eigenvalue weighted by Gasteiger charge is -2.23. The van der Waals surface area contributed by atoms with Gasteiger partial charge < -0.3 is 35.4 Å². The van der Waals surface area contributed by atoms with Crippen molar-refractivity contribution in [2.45, 2.75) is 63.4 Å². The molecule has 0 fully saturated rings. The molecule has 1 aliphatic rings. The Morgan fingerprint density at radius 1 is 1.00 bits per heavy atom. The largest absolute Gasteiger partial charge is 0.446 e. The van der Waals surface area contributed by atoms with Crippen molar-refractivity contribution in [3.05, 3.63) is 122 Å². The van der Waals surface area contributed by atoms with Crippen LogP contribution in [0, 0.1) is 0 Å². The molecule has 262 valence electrons. The number of carbonyl (C=O) groups excluding carboxylic acids is 4. The third-order valence-corrected chi connectivity index (χ3v) is 8.91. The molecule has 15 heteroatoms. The molecule has 0 saturated heterocycles. The fourth-order valence-electron chi connectivity index (χ4n) is 5.48. The minimum absolute atomic E-state index is 0.00625. The van der Waals surface area contributed by atoms with Crippen LogP contribution in [0.25, 0.3) is 0 Å². The van der Waals surface area contributed by atoms with E-state index in [9.17, 15) is 29.1 Å². The average molecular weight is 724 g/mol. The first-order chi connectivity index (χ1) is 24.0. The smallest absolute Gasteiger partial charge is 0.273 e. The van der Waals surface area contributed by atoms with Gasteiger partial charge in [0.2, 0.25) is 17.7 Å². The van der Waals surface area contributed by atoms with Crippen molar-refractivity contribution in [1.82, 2.24) is 30.8 Å². The SMILES string of the molecule is C[C@@H](O)[C@@H]1NC(=O)c2coc(n2)[C@H](Cc2ccccc2)NC(=O)[C@@H](NC(=O)c2cccn(Cc3c(Cl)cccc3Cl)c2=O)CCCCNC1=O. The molecule has 3 heterocycles. The molecule has 0 spiro atoms. The van der Waals surface area contributed by atoms with Crippen LogP contribution in [0.2, 0.25) is 10.0 Å². The molecule has 13 nitrogen and oxygen atoms in total. The summed E-state index contributed by atoms with van der Waals surface area (Å²) >= 11 is 12.6. The highest BCUT2D eigenvalue weighted by atomic mass is 35.5. The third kappa shape index (κ3) is 8.97. The van der Waals surface area contributed by atoms with Gasteiger partial charge in [0.25, 0.3) is 17.4 Å². The number of nitrogens with one attached hydrogen (secondary N) is 4. The second kappa shape index (κ2) is 16.6. The number of aromatic nitrogens is 2. The predicted octanol–water partition coefficient (Wildman–Crippen LogP) is 3.17. The van der Waals surface area contributed by atoms with Gasteiger partial charge in [-0.05, 0) is 56.0 Å². The maximum atomic E-state index is 13.9. The number of aliphatic hydroxyl groups excluding tert-OH is 1. The van der Waals surface area contributed by atoms with E-state index in [0.29, 0.717) is 28.5 Å². The van der Waals surface area contributed by atoms with Crippen LogP contribution in [0.4, 0.5) is 0 Å². The summed E-state index contributed by atoms with van der Waals surface area (Å²) in [7, 11) is 0. The lowest BCUT2D eigenvalue weighted by molar-refractivity contribution is -0.125. The van der Waals surface area contributed by atoms with Crippen LogP contribution in [0.3, 0.4) is 0 Å². The van der Waals surface area contributed by atoms with Gasteiger partial charge in [-0.3, -0.25) is 24.0 Å². The number of pyridine rings is 1. The van der Waals surface area contributed by atoms with Gasteiger partial charge in [0.05, 0.1) is 12.6 Å². The van der Waals surface area contributed by atoms with E-state index in [1.54, 1.807) is 18.2 Å². The number of amides is 4. The highest BCUT2D eigenvalue weighted by Crippen LogP contribution is 2.25. The second-order valence-electron chi connectivity index (χ2n) is 11.9. The van der Waals surface area contributed by atoms with Gasteiger partial charge in [0.1, 0.15) is 30.0 Å². The highest BCUT2D eigenvalue weighted by molar-refractivity contribution is 6.36. The number of benzene rings is 2. The van der Waals surface area contributed by atoms with Gasteiger partial charge in [-0.1, -0.05) is 59.6 Å². The summed E-state index contributed by atoms with van der Waals surface area (Å²) in [5, 5.41) is 21.7. The molecule has 2 aromatic carbocycles. The van der Waals surface area contributed by atoms with E-state index >= 15 is 0 Å². The summed E-state index contributed by atoms with van der Waals surface area (Å²) in [4.78, 5) is 71.1. The Morgan fingerprint density at radius 3 is 2.46 bits per heavy atom. The van der Waals surface area contributed by atoms with Crippen LogP contribution >= 0.6 is 23.2 Å². The summed E-state index contributed by atoms with van der Waals surface area (Å²) in [6, 6.07) is 13.8. The number of rotatable bonds is 7. The van der Waals surface area contributed by atoms with Crippen LogP contribution < -0.4 is 26.8 Å². The molecule has 1 aliphatic heterocycles. The van der Waals surface area contributed by atoms with Crippen molar-refractivity contribution in [1.29, 1.82) is 0 Å². The summed E-state index contributed by atoms with van der Waals surface area (Å²) in [5.74, 6) is -2.70. The first-order valence-corrected chi connectivity index (χ1v) is 16.8. The highest BCUT2D eigenvalue weighted by Gasteiger charge is 2.31. The monoisotopic (exact) mass is 722 g/mol. The lowest BCUT2D eigenvalue weighted by atomic mass is 10.0. The zero-order valence-electron chi connectivity index (χ0n) is 27.0. The molecular formula is C35H36Cl2N6O7. The molecule has 5 N–H and O–H groups in total. The number of nitrogens with zero attached hydrogens (tertiary/aromatic N) is 2. The van der Waals surface area contributed by atoms with Crippen molar-refractivity contribution >= 4 is 46.8 Å². The molecule has 0 unspecified atom stereocenters. The molecule has 0 radical (unpaired) electrons. The Balaban J connectivity index is 1.43. The van der Waals surface area contributed by atoms with E-state index in [1.165, 1.54) is 29.8 Å². The number of halogens is 2. The standard InChI is InChI=1S/C35H36Cl2N6O7/c1-20(44)29-33(48)38-15-6-5-14-26(39-30(45)22-11-8-16-43(35(22)49)18-23-24(36)12-7-13-25(23)37)31(46)40-27(17-21-9-3-2-4-10-21)34-41-28(19-50-34)32(47)42-29/h2-4,7-13,16,19-20,26-27,29,44H,5-6,14-15,17-18H2,1H3,(H,38,48)(H,39,45)(H,40,46)(H,42,47)/t20-,26+,27+,29+/m1/s1. The number of oxazole rings is 1. The van der Waals surface area contributed by atoms with Crippen molar-refractivity contribution in [2.24, 2.45) is 0 Å². The van der Waals surface area contributed by atoms with Crippen molar-refractivity contribution in [3.8, 4) is 0 Å². The van der Waals surface area contributed by atoms with Crippen molar-refractivity contribution in [2.75, 3.05) is 6.54 Å². The Hall–Kier alpha value is -4.98. The minimum Gasteiger partial charge on any atom is -0.446 e. The van der Waals surface area contributed by atoms with Crippen LogP contribution in [-0.2, 0) is 22.6 Å². The van der Waals surface area contributed by atoms with Crippen LogP contribution in [0.5, 0.6) is 0 Å². The van der Waals surface area contributed by atoms with E-state index in [2.05, 4.69) is 26.3 Å². The summed E-state index contributed by atoms with van der Waals surface area (Å²) in [5.41, 5.74) is 0.358. The first-order valence-electron chi connectivity index (χ1n) is 16.0. The Kier molecular flexibility index (Phi) is 12.1. The number of hydrogen-bond acceptors (Lipinski definition) is 8. The van der Waals surface area contributed by atoms with Gasteiger partial charge >= 0.3 is 0 Å². The maximum absolute atomic E-state index is 13.9. The molecule has 2 bridgehead atoms. The average Bonchev–Trinajstić information content (AvgIpc) is 3.59. The molecule has 50 heavy (non-hydrogen) atoms. The second-order valence-corrected chi connectivity index (χ2v) is 12.7. The number of aliphatic hydroxyl groups is 1. The van der Waals surface area contributed by atoms with Gasteiger partial charge in [0, 0.05) is 34.8 Å². The summed E-state index contributed by atoms with van der Waals surface area (Å²) in [6.07, 6.45) is 2.54. The Morgan fingerprint density at radius 2 is 1.74 bits per heavy atom. The molecule has 2 aromatic heterocycles. The minimum atomic E-state index is -1.26. The summed E-state index contributed by atoms with van der Waals surface area (Å²) in [6.45, 7) is 1.56. The normalized spacial score (nSPS) is 19.5. The lowest BCUT2D eigenvalue weighted by Crippen LogP contribution is -2.52. The van der Waals surface area contributed by atoms with E-state index in [-0.39, 0.29) is 43.1 Å². The third-order valence-electron chi connectivity index (χ3n) is 8.20. The topological polar surface area (TPSA) is 185 Å². The van der Waals surface area contributed by atoms with Crippen LogP contribution in [-0.4, -0.2) is 63.0 Å². The Bertz CT molecular complexity index is 1890. The maximum Gasteiger partial charge on any atom is 0.273 e. The fraction of sp³-hybridized carbons (Fsp3) is 0.314. The molecule has 0 saturated carbocycles. The zero-order chi connectivity index (χ0) is 35.8. The fourth-order valence-corrected chi connectivity index (χ4v) is 6.00. The van der Waals surface area contributed by atoms with E-state index < -0.39 is 53.4 Å². The van der Waals surface area contributed by atoms with E-state index in [1.807, 2.05) is 30.3 Å². The van der Waals surface area contributed by atoms with Crippen LogP contribution in [0.1, 0.15) is 70.1 Å². The van der Waals surface area contributed by atoms with Crippen LogP contribution in [0.15, 0.2) is 82.3 Å². The summed E-state index contributed by atoms with van der Waals surface area (Å²) < 4.78 is 6.95. The molecule has 4 atom stereocenters. The Labute approximate surface area is 297 Å². The van der Waals surface area contributed by atoms with E-state index in [0.717, 1.165) is 11.8 Å².